The Morgan fingerprint density at radius 1 is 1.08 bits per heavy atom. The average molecular weight is 341 g/mol. The zero-order valence-electron chi connectivity index (χ0n) is 14.5. The number of ether oxygens (including phenoxy) is 1. The van der Waals surface area contributed by atoms with E-state index in [0.29, 0.717) is 32.8 Å². The van der Waals surface area contributed by atoms with E-state index in [4.69, 9.17) is 4.74 Å². The SMILES string of the molecule is Cn1cc(C(=O)N2CCN(C(=O)C3CCCO3)CC2)c2ccccc21. The van der Waals surface area contributed by atoms with Crippen LogP contribution in [-0.4, -0.2) is 65.1 Å². The van der Waals surface area contributed by atoms with Crippen molar-refractivity contribution in [3.63, 3.8) is 0 Å². The Bertz CT molecular complexity index is 799. The third-order valence-corrected chi connectivity index (χ3v) is 5.21. The summed E-state index contributed by atoms with van der Waals surface area (Å²) in [5.74, 6) is 0.121. The van der Waals surface area contributed by atoms with Crippen molar-refractivity contribution in [1.82, 2.24) is 14.4 Å². The largest absolute Gasteiger partial charge is 0.368 e. The van der Waals surface area contributed by atoms with E-state index in [9.17, 15) is 9.59 Å². The fourth-order valence-electron chi connectivity index (χ4n) is 3.79. The van der Waals surface area contributed by atoms with Crippen molar-refractivity contribution in [3.05, 3.63) is 36.0 Å². The smallest absolute Gasteiger partial charge is 0.256 e. The monoisotopic (exact) mass is 341 g/mol. The van der Waals surface area contributed by atoms with Gasteiger partial charge in [-0.15, -0.1) is 0 Å². The van der Waals surface area contributed by atoms with Gasteiger partial charge in [0, 0.05) is 56.9 Å². The minimum Gasteiger partial charge on any atom is -0.368 e. The van der Waals surface area contributed by atoms with Crippen molar-refractivity contribution in [2.24, 2.45) is 7.05 Å². The van der Waals surface area contributed by atoms with E-state index in [0.717, 1.165) is 29.3 Å². The molecular weight excluding hydrogens is 318 g/mol. The van der Waals surface area contributed by atoms with Gasteiger partial charge in [0.15, 0.2) is 0 Å². The molecule has 6 nitrogen and oxygen atoms in total. The van der Waals surface area contributed by atoms with Gasteiger partial charge in [-0.3, -0.25) is 9.59 Å². The summed E-state index contributed by atoms with van der Waals surface area (Å²) in [5, 5.41) is 0.980. The Morgan fingerprint density at radius 3 is 2.52 bits per heavy atom. The highest BCUT2D eigenvalue weighted by molar-refractivity contribution is 6.07. The number of carbonyl (C=O) groups is 2. The molecule has 0 spiro atoms. The summed E-state index contributed by atoms with van der Waals surface area (Å²) in [7, 11) is 1.96. The Labute approximate surface area is 146 Å². The number of nitrogens with zero attached hydrogens (tertiary/aromatic N) is 3. The number of rotatable bonds is 2. The summed E-state index contributed by atoms with van der Waals surface area (Å²) in [6.07, 6.45) is 3.39. The van der Waals surface area contributed by atoms with Gasteiger partial charge < -0.3 is 19.1 Å². The molecule has 132 valence electrons. The van der Waals surface area contributed by atoms with E-state index >= 15 is 0 Å². The zero-order valence-corrected chi connectivity index (χ0v) is 14.5. The molecule has 2 aliphatic heterocycles. The van der Waals surface area contributed by atoms with Gasteiger partial charge in [0.25, 0.3) is 11.8 Å². The molecule has 0 aliphatic carbocycles. The van der Waals surface area contributed by atoms with Gasteiger partial charge in [-0.1, -0.05) is 18.2 Å². The van der Waals surface area contributed by atoms with Crippen LogP contribution in [0.15, 0.2) is 30.5 Å². The highest BCUT2D eigenvalue weighted by atomic mass is 16.5. The average Bonchev–Trinajstić information content (AvgIpc) is 3.30. The maximum Gasteiger partial charge on any atom is 0.256 e. The van der Waals surface area contributed by atoms with Crippen LogP contribution in [0.2, 0.25) is 0 Å². The summed E-state index contributed by atoms with van der Waals surface area (Å²) < 4.78 is 7.47. The Kier molecular flexibility index (Phi) is 4.21. The minimum atomic E-state index is -0.277. The first kappa shape index (κ1) is 16.1. The van der Waals surface area contributed by atoms with Crippen LogP contribution in [0.25, 0.3) is 10.9 Å². The third kappa shape index (κ3) is 2.91. The predicted molar refractivity (Wildman–Crippen MR) is 94.4 cm³/mol. The molecule has 2 aliphatic rings. The lowest BCUT2D eigenvalue weighted by Crippen LogP contribution is -2.52. The predicted octanol–water partition coefficient (Wildman–Crippen LogP) is 1.64. The fourth-order valence-corrected chi connectivity index (χ4v) is 3.79. The van der Waals surface area contributed by atoms with E-state index in [1.165, 1.54) is 0 Å². The normalized spacial score (nSPS) is 21.1. The van der Waals surface area contributed by atoms with Gasteiger partial charge >= 0.3 is 0 Å². The number of para-hydroxylation sites is 1. The molecule has 1 aromatic carbocycles. The van der Waals surface area contributed by atoms with E-state index in [2.05, 4.69) is 0 Å². The van der Waals surface area contributed by atoms with Gasteiger partial charge in [0.05, 0.1) is 5.56 Å². The number of aryl methyl sites for hydroxylation is 1. The number of hydrogen-bond donors (Lipinski definition) is 0. The molecule has 1 atom stereocenters. The number of benzene rings is 1. The second kappa shape index (κ2) is 6.52. The third-order valence-electron chi connectivity index (χ3n) is 5.21. The van der Waals surface area contributed by atoms with E-state index in [1.54, 1.807) is 0 Å². The number of carbonyl (C=O) groups excluding carboxylic acids is 2. The van der Waals surface area contributed by atoms with Gasteiger partial charge in [0.2, 0.25) is 0 Å². The quantitative estimate of drug-likeness (QED) is 0.834. The molecule has 1 aromatic heterocycles. The Balaban J connectivity index is 1.45. The first-order chi connectivity index (χ1) is 12.1. The zero-order chi connectivity index (χ0) is 17.4. The van der Waals surface area contributed by atoms with Crippen LogP contribution in [0.3, 0.4) is 0 Å². The van der Waals surface area contributed by atoms with Crippen LogP contribution in [0, 0.1) is 0 Å². The topological polar surface area (TPSA) is 54.8 Å². The molecule has 2 aromatic rings. The van der Waals surface area contributed by atoms with Crippen molar-refractivity contribution < 1.29 is 14.3 Å². The molecule has 4 rings (SSSR count). The summed E-state index contributed by atoms with van der Waals surface area (Å²) in [5.41, 5.74) is 1.79. The van der Waals surface area contributed by atoms with E-state index in [-0.39, 0.29) is 17.9 Å². The summed E-state index contributed by atoms with van der Waals surface area (Å²) in [6.45, 7) is 2.97. The second-order valence-corrected chi connectivity index (χ2v) is 6.79. The van der Waals surface area contributed by atoms with Crippen molar-refractivity contribution >= 4 is 22.7 Å². The van der Waals surface area contributed by atoms with Crippen LogP contribution in [0.1, 0.15) is 23.2 Å². The number of aromatic nitrogens is 1. The lowest BCUT2D eigenvalue weighted by atomic mass is 10.1. The Morgan fingerprint density at radius 2 is 1.80 bits per heavy atom. The van der Waals surface area contributed by atoms with Crippen molar-refractivity contribution in [3.8, 4) is 0 Å². The van der Waals surface area contributed by atoms with Crippen LogP contribution in [-0.2, 0) is 16.6 Å². The standard InChI is InChI=1S/C19H23N3O3/c1-20-13-15(14-5-2-3-6-16(14)20)18(23)21-8-10-22(11-9-21)19(24)17-7-4-12-25-17/h2-3,5-6,13,17H,4,7-12H2,1H3. The van der Waals surface area contributed by atoms with Gasteiger partial charge in [0.1, 0.15) is 6.10 Å². The number of hydrogen-bond acceptors (Lipinski definition) is 3. The van der Waals surface area contributed by atoms with Crippen molar-refractivity contribution in [2.75, 3.05) is 32.8 Å². The molecule has 3 heterocycles. The molecule has 1 unspecified atom stereocenters. The maximum absolute atomic E-state index is 12.9. The van der Waals surface area contributed by atoms with E-state index in [1.807, 2.05) is 51.9 Å². The van der Waals surface area contributed by atoms with Crippen LogP contribution >= 0.6 is 0 Å². The summed E-state index contributed by atoms with van der Waals surface area (Å²) in [4.78, 5) is 29.0. The van der Waals surface area contributed by atoms with Crippen molar-refractivity contribution in [1.29, 1.82) is 0 Å². The van der Waals surface area contributed by atoms with Gasteiger partial charge in [-0.25, -0.2) is 0 Å². The van der Waals surface area contributed by atoms with Crippen LogP contribution < -0.4 is 0 Å². The molecule has 6 heteroatoms. The maximum atomic E-state index is 12.9. The summed E-state index contributed by atoms with van der Waals surface area (Å²) in [6, 6.07) is 7.94. The molecule has 2 amide bonds. The fraction of sp³-hybridized carbons (Fsp3) is 0.474. The first-order valence-electron chi connectivity index (χ1n) is 8.89. The van der Waals surface area contributed by atoms with Crippen LogP contribution in [0.4, 0.5) is 0 Å². The lowest BCUT2D eigenvalue weighted by molar-refractivity contribution is -0.142. The lowest BCUT2D eigenvalue weighted by Gasteiger charge is -2.35. The van der Waals surface area contributed by atoms with Gasteiger partial charge in [-0.05, 0) is 18.9 Å². The van der Waals surface area contributed by atoms with Crippen molar-refractivity contribution in [2.45, 2.75) is 18.9 Å². The summed E-state index contributed by atoms with van der Waals surface area (Å²) >= 11 is 0. The highest BCUT2D eigenvalue weighted by Crippen LogP contribution is 2.23. The number of piperazine rings is 1. The molecule has 25 heavy (non-hydrogen) atoms. The molecule has 0 saturated carbocycles. The van der Waals surface area contributed by atoms with Crippen LogP contribution in [0.5, 0.6) is 0 Å². The molecule has 0 radical (unpaired) electrons. The minimum absolute atomic E-state index is 0.0426. The Hall–Kier alpha value is -2.34. The molecule has 2 fully saturated rings. The highest BCUT2D eigenvalue weighted by Gasteiger charge is 2.32. The second-order valence-electron chi connectivity index (χ2n) is 6.79. The molecule has 2 saturated heterocycles. The first-order valence-corrected chi connectivity index (χ1v) is 8.89. The molecule has 0 bridgehead atoms. The number of amides is 2. The van der Waals surface area contributed by atoms with Gasteiger partial charge in [-0.2, -0.15) is 0 Å². The molecular formula is C19H23N3O3. The van der Waals surface area contributed by atoms with E-state index < -0.39 is 0 Å². The molecule has 0 N–H and O–H groups in total. The number of fused-ring (bicyclic) bond motifs is 1.